The van der Waals surface area contributed by atoms with Gasteiger partial charge in [-0.15, -0.1) is 0 Å². The second-order valence-corrected chi connectivity index (χ2v) is 5.83. The zero-order valence-electron chi connectivity index (χ0n) is 14.4. The van der Waals surface area contributed by atoms with Crippen molar-refractivity contribution in [2.24, 2.45) is 0 Å². The quantitative estimate of drug-likeness (QED) is 0.646. The number of carbonyl (C=O) groups excluding carboxylic acids is 1. The van der Waals surface area contributed by atoms with Gasteiger partial charge in [-0.3, -0.25) is 0 Å². The van der Waals surface area contributed by atoms with Gasteiger partial charge in [0.15, 0.2) is 11.5 Å². The molecule has 7 heteroatoms. The maximum Gasteiger partial charge on any atom is 0.342 e. The minimum Gasteiger partial charge on any atom is -0.496 e. The van der Waals surface area contributed by atoms with Crippen molar-refractivity contribution in [3.63, 3.8) is 0 Å². The van der Waals surface area contributed by atoms with Crippen LogP contribution in [-0.4, -0.2) is 34.4 Å². The largest absolute Gasteiger partial charge is 0.496 e. The Morgan fingerprint density at radius 3 is 2.12 bits per heavy atom. The highest BCUT2D eigenvalue weighted by atomic mass is 79.9. The standard InChI is InChI=1S/C18H19BrO6/c1-21-14-7-5-12(19)9-11(14)10-25-18(20)13-6-8-15(22-2)17(24-4)16(13)23-3/h5-9H,10H2,1-4H3. The van der Waals surface area contributed by atoms with E-state index in [0.717, 1.165) is 10.0 Å². The number of methoxy groups -OCH3 is 4. The number of hydrogen-bond acceptors (Lipinski definition) is 6. The van der Waals surface area contributed by atoms with Gasteiger partial charge in [0.05, 0.1) is 28.4 Å². The van der Waals surface area contributed by atoms with Crippen LogP contribution in [0.4, 0.5) is 0 Å². The summed E-state index contributed by atoms with van der Waals surface area (Å²) in [5, 5.41) is 0. The van der Waals surface area contributed by atoms with Crippen molar-refractivity contribution in [1.29, 1.82) is 0 Å². The first-order valence-electron chi connectivity index (χ1n) is 7.34. The van der Waals surface area contributed by atoms with Gasteiger partial charge in [-0.25, -0.2) is 4.79 Å². The van der Waals surface area contributed by atoms with E-state index in [4.69, 9.17) is 23.7 Å². The van der Waals surface area contributed by atoms with Crippen molar-refractivity contribution >= 4 is 21.9 Å². The maximum atomic E-state index is 12.5. The van der Waals surface area contributed by atoms with E-state index in [1.165, 1.54) is 21.3 Å². The molecule has 0 aliphatic heterocycles. The fraction of sp³-hybridized carbons (Fsp3) is 0.278. The molecule has 2 rings (SSSR count). The molecule has 0 heterocycles. The molecule has 0 fully saturated rings. The maximum absolute atomic E-state index is 12.5. The Bertz CT molecular complexity index is 759. The average Bonchev–Trinajstić information content (AvgIpc) is 2.64. The molecule has 2 aromatic carbocycles. The fourth-order valence-corrected chi connectivity index (χ4v) is 2.75. The summed E-state index contributed by atoms with van der Waals surface area (Å²) in [5.41, 5.74) is 0.985. The summed E-state index contributed by atoms with van der Waals surface area (Å²) in [4.78, 5) is 12.5. The zero-order chi connectivity index (χ0) is 18.4. The minimum atomic E-state index is -0.542. The van der Waals surface area contributed by atoms with Crippen molar-refractivity contribution in [3.8, 4) is 23.0 Å². The molecule has 0 aliphatic carbocycles. The van der Waals surface area contributed by atoms with Gasteiger partial charge in [-0.2, -0.15) is 0 Å². The number of hydrogen-bond donors (Lipinski definition) is 0. The molecule has 6 nitrogen and oxygen atoms in total. The summed E-state index contributed by atoms with van der Waals surface area (Å²) in [6.07, 6.45) is 0. The van der Waals surface area contributed by atoms with Crippen molar-refractivity contribution in [1.82, 2.24) is 0 Å². The lowest BCUT2D eigenvalue weighted by Crippen LogP contribution is -2.09. The number of rotatable bonds is 7. The summed E-state index contributed by atoms with van der Waals surface area (Å²) >= 11 is 3.39. The zero-order valence-corrected chi connectivity index (χ0v) is 16.0. The van der Waals surface area contributed by atoms with E-state index in [1.54, 1.807) is 25.3 Å². The smallest absolute Gasteiger partial charge is 0.342 e. The van der Waals surface area contributed by atoms with E-state index < -0.39 is 5.97 Å². The van der Waals surface area contributed by atoms with E-state index in [-0.39, 0.29) is 17.9 Å². The lowest BCUT2D eigenvalue weighted by molar-refractivity contribution is 0.0465. The first-order valence-corrected chi connectivity index (χ1v) is 8.13. The van der Waals surface area contributed by atoms with E-state index >= 15 is 0 Å². The molecule has 0 amide bonds. The Morgan fingerprint density at radius 2 is 1.52 bits per heavy atom. The Hall–Kier alpha value is -2.41. The molecule has 0 unspecified atom stereocenters. The summed E-state index contributed by atoms with van der Waals surface area (Å²) in [6, 6.07) is 8.67. The molecule has 2 aromatic rings. The Kier molecular flexibility index (Phi) is 6.52. The highest BCUT2D eigenvalue weighted by Crippen LogP contribution is 2.40. The topological polar surface area (TPSA) is 63.2 Å². The van der Waals surface area contributed by atoms with Crippen LogP contribution in [0.25, 0.3) is 0 Å². The molecular weight excluding hydrogens is 392 g/mol. The first-order chi connectivity index (χ1) is 12.0. The average molecular weight is 411 g/mol. The normalized spacial score (nSPS) is 10.1. The minimum absolute atomic E-state index is 0.0545. The molecule has 0 radical (unpaired) electrons. The molecule has 0 atom stereocenters. The number of ether oxygens (including phenoxy) is 5. The Labute approximate surface area is 154 Å². The van der Waals surface area contributed by atoms with Crippen molar-refractivity contribution < 1.29 is 28.5 Å². The van der Waals surface area contributed by atoms with Crippen LogP contribution >= 0.6 is 15.9 Å². The molecular formula is C18H19BrO6. The van der Waals surface area contributed by atoms with Gasteiger partial charge in [-0.1, -0.05) is 15.9 Å². The molecule has 0 N–H and O–H groups in total. The summed E-state index contributed by atoms with van der Waals surface area (Å²) in [6.45, 7) is 0.0545. The third-order valence-electron chi connectivity index (χ3n) is 3.53. The van der Waals surface area contributed by atoms with Gasteiger partial charge in [0, 0.05) is 10.0 Å². The Balaban J connectivity index is 2.26. The highest BCUT2D eigenvalue weighted by Gasteiger charge is 2.22. The molecule has 134 valence electrons. The van der Waals surface area contributed by atoms with Gasteiger partial charge in [-0.05, 0) is 30.3 Å². The monoisotopic (exact) mass is 410 g/mol. The molecule has 0 spiro atoms. The summed E-state index contributed by atoms with van der Waals surface area (Å²) in [5.74, 6) is 1.15. The van der Waals surface area contributed by atoms with Crippen LogP contribution < -0.4 is 18.9 Å². The van der Waals surface area contributed by atoms with Crippen LogP contribution in [0, 0.1) is 0 Å². The molecule has 0 saturated carbocycles. The predicted molar refractivity (Wildman–Crippen MR) is 95.9 cm³/mol. The third-order valence-corrected chi connectivity index (χ3v) is 4.02. The third kappa shape index (κ3) is 4.17. The lowest BCUT2D eigenvalue weighted by Gasteiger charge is -2.15. The van der Waals surface area contributed by atoms with Gasteiger partial charge in [0.2, 0.25) is 5.75 Å². The first kappa shape index (κ1) is 18.9. The van der Waals surface area contributed by atoms with E-state index in [9.17, 15) is 4.79 Å². The van der Waals surface area contributed by atoms with Gasteiger partial charge in [0.1, 0.15) is 17.9 Å². The van der Waals surface area contributed by atoms with Gasteiger partial charge in [0.25, 0.3) is 0 Å². The van der Waals surface area contributed by atoms with E-state index in [1.807, 2.05) is 12.1 Å². The lowest BCUT2D eigenvalue weighted by atomic mass is 10.1. The van der Waals surface area contributed by atoms with Crippen LogP contribution in [-0.2, 0) is 11.3 Å². The van der Waals surface area contributed by atoms with Crippen LogP contribution in [0.1, 0.15) is 15.9 Å². The SMILES string of the molecule is COc1ccc(Br)cc1COC(=O)c1ccc(OC)c(OC)c1OC. The van der Waals surface area contributed by atoms with E-state index in [2.05, 4.69) is 15.9 Å². The molecule has 0 aromatic heterocycles. The Morgan fingerprint density at radius 1 is 0.880 bits per heavy atom. The second kappa shape index (κ2) is 8.62. The van der Waals surface area contributed by atoms with Gasteiger partial charge < -0.3 is 23.7 Å². The van der Waals surface area contributed by atoms with Crippen molar-refractivity contribution in [2.75, 3.05) is 28.4 Å². The van der Waals surface area contributed by atoms with Crippen molar-refractivity contribution in [2.45, 2.75) is 6.61 Å². The van der Waals surface area contributed by atoms with Crippen LogP contribution in [0.2, 0.25) is 0 Å². The molecule has 0 bridgehead atoms. The van der Waals surface area contributed by atoms with E-state index in [0.29, 0.717) is 17.2 Å². The van der Waals surface area contributed by atoms with Crippen LogP contribution in [0.5, 0.6) is 23.0 Å². The summed E-state index contributed by atoms with van der Waals surface area (Å²) < 4.78 is 27.3. The van der Waals surface area contributed by atoms with Crippen molar-refractivity contribution in [3.05, 3.63) is 45.9 Å². The number of esters is 1. The number of halogens is 1. The summed E-state index contributed by atoms with van der Waals surface area (Å²) in [7, 11) is 5.99. The highest BCUT2D eigenvalue weighted by molar-refractivity contribution is 9.10. The molecule has 0 saturated heterocycles. The van der Waals surface area contributed by atoms with Crippen LogP contribution in [0.3, 0.4) is 0 Å². The second-order valence-electron chi connectivity index (χ2n) is 4.91. The number of carbonyl (C=O) groups is 1. The predicted octanol–water partition coefficient (Wildman–Crippen LogP) is 3.84. The molecule has 0 aliphatic rings. The fourth-order valence-electron chi connectivity index (χ4n) is 2.34. The van der Waals surface area contributed by atoms with Gasteiger partial charge >= 0.3 is 5.97 Å². The van der Waals surface area contributed by atoms with Crippen LogP contribution in [0.15, 0.2) is 34.8 Å². The molecule has 25 heavy (non-hydrogen) atoms. The number of benzene rings is 2.